The third-order valence-electron chi connectivity index (χ3n) is 3.95. The third kappa shape index (κ3) is 3.06. The molecule has 2 heterocycles. The summed E-state index contributed by atoms with van der Waals surface area (Å²) in [6.45, 7) is 9.76. The lowest BCUT2D eigenvalue weighted by Crippen LogP contribution is -2.44. The van der Waals surface area contributed by atoms with Crippen LogP contribution in [0.5, 0.6) is 0 Å². The zero-order valence-electron chi connectivity index (χ0n) is 11.9. The molecule has 2 atom stereocenters. The average Bonchev–Trinajstić information content (AvgIpc) is 2.79. The molecule has 2 rings (SSSR count). The maximum atomic E-state index is 6.03. The van der Waals surface area contributed by atoms with E-state index in [-0.39, 0.29) is 17.2 Å². The number of rotatable bonds is 4. The quantitative estimate of drug-likeness (QED) is 0.714. The standard InChI is InChI=1S/C15H25NO2/c1-5-9-17-13-10-15(12-18-14(2,3)4)7-6-8-16(15)11-13/h1,13H,6-12H2,2-4H3/t13-,15-/m1/s1. The highest BCUT2D eigenvalue weighted by atomic mass is 16.5. The minimum absolute atomic E-state index is 0.0687. The van der Waals surface area contributed by atoms with Crippen LogP contribution in [-0.4, -0.2) is 48.4 Å². The van der Waals surface area contributed by atoms with Crippen LogP contribution in [0.4, 0.5) is 0 Å². The van der Waals surface area contributed by atoms with Crippen molar-refractivity contribution in [1.29, 1.82) is 0 Å². The predicted molar refractivity (Wildman–Crippen MR) is 72.4 cm³/mol. The van der Waals surface area contributed by atoms with Crippen molar-refractivity contribution >= 4 is 0 Å². The molecule has 0 unspecified atom stereocenters. The van der Waals surface area contributed by atoms with E-state index in [1.807, 2.05) is 0 Å². The Labute approximate surface area is 111 Å². The summed E-state index contributed by atoms with van der Waals surface area (Å²) in [7, 11) is 0. The highest BCUT2D eigenvalue weighted by molar-refractivity contribution is 5.04. The van der Waals surface area contributed by atoms with E-state index in [0.717, 1.165) is 19.6 Å². The number of ether oxygens (including phenoxy) is 2. The second-order valence-electron chi connectivity index (χ2n) is 6.52. The minimum atomic E-state index is -0.0687. The largest absolute Gasteiger partial charge is 0.374 e. The van der Waals surface area contributed by atoms with Gasteiger partial charge in [-0.2, -0.15) is 0 Å². The summed E-state index contributed by atoms with van der Waals surface area (Å²) in [5.41, 5.74) is 0.132. The van der Waals surface area contributed by atoms with E-state index in [1.165, 1.54) is 19.4 Å². The SMILES string of the molecule is C#CCO[C@H]1CN2CCC[C@]2(COC(C)(C)C)C1. The number of hydrogen-bond acceptors (Lipinski definition) is 3. The smallest absolute Gasteiger partial charge is 0.107 e. The lowest BCUT2D eigenvalue weighted by molar-refractivity contribution is -0.0531. The van der Waals surface area contributed by atoms with Gasteiger partial charge in [0.2, 0.25) is 0 Å². The molecule has 2 fully saturated rings. The molecule has 0 amide bonds. The van der Waals surface area contributed by atoms with E-state index < -0.39 is 0 Å². The number of nitrogens with zero attached hydrogens (tertiary/aromatic N) is 1. The van der Waals surface area contributed by atoms with Crippen molar-refractivity contribution in [3.05, 3.63) is 0 Å². The second-order valence-corrected chi connectivity index (χ2v) is 6.52. The predicted octanol–water partition coefficient (Wildman–Crippen LogP) is 2.06. The van der Waals surface area contributed by atoms with Crippen molar-refractivity contribution < 1.29 is 9.47 Å². The molecule has 0 saturated carbocycles. The maximum Gasteiger partial charge on any atom is 0.107 e. The Morgan fingerprint density at radius 2 is 2.22 bits per heavy atom. The first-order valence-electron chi connectivity index (χ1n) is 6.89. The summed E-state index contributed by atoms with van der Waals surface area (Å²) in [4.78, 5) is 2.54. The van der Waals surface area contributed by atoms with Gasteiger partial charge in [0.15, 0.2) is 0 Å². The van der Waals surface area contributed by atoms with Crippen LogP contribution in [0.15, 0.2) is 0 Å². The van der Waals surface area contributed by atoms with Crippen LogP contribution in [0, 0.1) is 12.3 Å². The summed E-state index contributed by atoms with van der Waals surface area (Å²) in [6, 6.07) is 0. The van der Waals surface area contributed by atoms with Crippen molar-refractivity contribution in [2.75, 3.05) is 26.3 Å². The Kier molecular flexibility index (Phi) is 4.01. The molecule has 102 valence electrons. The zero-order valence-corrected chi connectivity index (χ0v) is 11.9. The lowest BCUT2D eigenvalue weighted by atomic mass is 9.94. The number of fused-ring (bicyclic) bond motifs is 1. The number of terminal acetylenes is 1. The van der Waals surface area contributed by atoms with Crippen molar-refractivity contribution in [3.8, 4) is 12.3 Å². The van der Waals surface area contributed by atoms with Crippen molar-refractivity contribution in [2.45, 2.75) is 57.3 Å². The van der Waals surface area contributed by atoms with Gasteiger partial charge in [0, 0.05) is 12.1 Å². The third-order valence-corrected chi connectivity index (χ3v) is 3.95. The molecule has 0 aromatic carbocycles. The van der Waals surface area contributed by atoms with Gasteiger partial charge < -0.3 is 9.47 Å². The molecule has 0 N–H and O–H groups in total. The Morgan fingerprint density at radius 1 is 1.44 bits per heavy atom. The Morgan fingerprint density at radius 3 is 2.89 bits per heavy atom. The molecule has 0 radical (unpaired) electrons. The first-order valence-corrected chi connectivity index (χ1v) is 6.89. The fourth-order valence-electron chi connectivity index (χ4n) is 3.10. The first-order chi connectivity index (χ1) is 8.45. The number of hydrogen-bond donors (Lipinski definition) is 0. The molecular formula is C15H25NO2. The molecule has 0 aromatic heterocycles. The van der Waals surface area contributed by atoms with E-state index in [4.69, 9.17) is 15.9 Å². The van der Waals surface area contributed by atoms with Crippen LogP contribution in [0.25, 0.3) is 0 Å². The normalized spacial score (nSPS) is 32.4. The van der Waals surface area contributed by atoms with Crippen LogP contribution in [0.2, 0.25) is 0 Å². The molecule has 0 aliphatic carbocycles. The Bertz CT molecular complexity index is 328. The van der Waals surface area contributed by atoms with Gasteiger partial charge in [-0.1, -0.05) is 5.92 Å². The van der Waals surface area contributed by atoms with Gasteiger partial charge in [0.05, 0.1) is 18.3 Å². The van der Waals surface area contributed by atoms with Crippen LogP contribution in [0.1, 0.15) is 40.0 Å². The maximum absolute atomic E-state index is 6.03. The zero-order chi connectivity index (χ0) is 13.2. The molecule has 3 heteroatoms. The lowest BCUT2D eigenvalue weighted by Gasteiger charge is -2.34. The summed E-state index contributed by atoms with van der Waals surface area (Å²) in [6.07, 6.45) is 9.09. The van der Waals surface area contributed by atoms with Crippen LogP contribution in [-0.2, 0) is 9.47 Å². The molecule has 2 aliphatic rings. The van der Waals surface area contributed by atoms with Gasteiger partial charge in [-0.05, 0) is 46.6 Å². The highest BCUT2D eigenvalue weighted by Crippen LogP contribution is 2.40. The van der Waals surface area contributed by atoms with Crippen molar-refractivity contribution in [1.82, 2.24) is 4.90 Å². The molecule has 0 bridgehead atoms. The van der Waals surface area contributed by atoms with E-state index in [0.29, 0.717) is 6.61 Å². The van der Waals surface area contributed by atoms with Crippen molar-refractivity contribution in [3.63, 3.8) is 0 Å². The first kappa shape index (κ1) is 13.9. The van der Waals surface area contributed by atoms with Gasteiger partial charge in [-0.15, -0.1) is 6.42 Å². The molecule has 2 saturated heterocycles. The fraction of sp³-hybridized carbons (Fsp3) is 0.867. The monoisotopic (exact) mass is 251 g/mol. The van der Waals surface area contributed by atoms with E-state index in [1.54, 1.807) is 0 Å². The molecule has 18 heavy (non-hydrogen) atoms. The molecule has 3 nitrogen and oxygen atoms in total. The minimum Gasteiger partial charge on any atom is -0.374 e. The van der Waals surface area contributed by atoms with Gasteiger partial charge in [-0.3, -0.25) is 4.90 Å². The fourth-order valence-corrected chi connectivity index (χ4v) is 3.10. The summed E-state index contributed by atoms with van der Waals surface area (Å²) in [5.74, 6) is 2.56. The Hall–Kier alpha value is -0.560. The molecule has 0 aromatic rings. The van der Waals surface area contributed by atoms with Gasteiger partial charge in [-0.25, -0.2) is 0 Å². The average molecular weight is 251 g/mol. The summed E-state index contributed by atoms with van der Waals surface area (Å²) in [5, 5.41) is 0. The topological polar surface area (TPSA) is 21.7 Å². The van der Waals surface area contributed by atoms with Gasteiger partial charge >= 0.3 is 0 Å². The van der Waals surface area contributed by atoms with Crippen molar-refractivity contribution in [2.24, 2.45) is 0 Å². The highest BCUT2D eigenvalue weighted by Gasteiger charge is 2.49. The Balaban J connectivity index is 1.94. The van der Waals surface area contributed by atoms with Gasteiger partial charge in [0.1, 0.15) is 6.61 Å². The summed E-state index contributed by atoms with van der Waals surface area (Å²) < 4.78 is 11.7. The van der Waals surface area contributed by atoms with E-state index >= 15 is 0 Å². The molecule has 2 aliphatic heterocycles. The molecular weight excluding hydrogens is 226 g/mol. The molecule has 0 spiro atoms. The van der Waals surface area contributed by atoms with Crippen LogP contribution in [0.3, 0.4) is 0 Å². The van der Waals surface area contributed by atoms with Crippen LogP contribution < -0.4 is 0 Å². The van der Waals surface area contributed by atoms with Gasteiger partial charge in [0.25, 0.3) is 0 Å². The summed E-state index contributed by atoms with van der Waals surface area (Å²) >= 11 is 0. The van der Waals surface area contributed by atoms with E-state index in [9.17, 15) is 0 Å². The van der Waals surface area contributed by atoms with E-state index in [2.05, 4.69) is 31.6 Å². The van der Waals surface area contributed by atoms with Crippen LogP contribution >= 0.6 is 0 Å². The second kappa shape index (κ2) is 5.21.